The van der Waals surface area contributed by atoms with Crippen molar-refractivity contribution in [2.45, 2.75) is 38.8 Å². The van der Waals surface area contributed by atoms with Gasteiger partial charge in [0.1, 0.15) is 5.54 Å². The smallest absolute Gasteiger partial charge is 0.325 e. The van der Waals surface area contributed by atoms with Gasteiger partial charge in [-0.25, -0.2) is 0 Å². The molecule has 0 fully saturated rings. The molecule has 0 amide bonds. The minimum atomic E-state index is -0.661. The number of esters is 1. The second kappa shape index (κ2) is 7.29. The maximum atomic E-state index is 12.0. The number of hydrogen-bond donors (Lipinski definition) is 1. The van der Waals surface area contributed by atoms with Gasteiger partial charge in [0.2, 0.25) is 0 Å². The standard InChI is InChI=1S/C16H26N2O2/c1-13(2)17-16(3,15(19)20-5)11-12-18(4)14-9-7-6-8-10-14/h6-10,13,17H,11-12H2,1-5H3. The first-order chi connectivity index (χ1) is 9.39. The van der Waals surface area contributed by atoms with Crippen molar-refractivity contribution in [1.29, 1.82) is 0 Å². The van der Waals surface area contributed by atoms with E-state index >= 15 is 0 Å². The largest absolute Gasteiger partial charge is 0.468 e. The van der Waals surface area contributed by atoms with E-state index in [9.17, 15) is 4.79 Å². The topological polar surface area (TPSA) is 41.6 Å². The van der Waals surface area contributed by atoms with Crippen molar-refractivity contribution < 1.29 is 9.53 Å². The summed E-state index contributed by atoms with van der Waals surface area (Å²) in [5, 5.41) is 3.31. The molecule has 20 heavy (non-hydrogen) atoms. The molecule has 0 saturated heterocycles. The van der Waals surface area contributed by atoms with Gasteiger partial charge in [-0.1, -0.05) is 18.2 Å². The predicted octanol–water partition coefficient (Wildman–Crippen LogP) is 2.44. The summed E-state index contributed by atoms with van der Waals surface area (Å²) in [6.45, 7) is 6.73. The van der Waals surface area contributed by atoms with Gasteiger partial charge in [0.25, 0.3) is 0 Å². The van der Waals surface area contributed by atoms with E-state index in [1.807, 2.05) is 46.0 Å². The predicted molar refractivity (Wildman–Crippen MR) is 83.0 cm³/mol. The number of rotatable bonds is 7. The van der Waals surface area contributed by atoms with Crippen LogP contribution in [0.25, 0.3) is 0 Å². The molecular weight excluding hydrogens is 252 g/mol. The molecule has 0 aromatic heterocycles. The number of para-hydroxylation sites is 1. The first-order valence-electron chi connectivity index (χ1n) is 7.01. The highest BCUT2D eigenvalue weighted by Gasteiger charge is 2.34. The number of nitrogens with one attached hydrogen (secondary N) is 1. The fourth-order valence-electron chi connectivity index (χ4n) is 2.30. The van der Waals surface area contributed by atoms with E-state index < -0.39 is 5.54 Å². The maximum Gasteiger partial charge on any atom is 0.325 e. The molecule has 0 aliphatic rings. The van der Waals surface area contributed by atoms with Crippen molar-refractivity contribution >= 4 is 11.7 Å². The summed E-state index contributed by atoms with van der Waals surface area (Å²) >= 11 is 0. The lowest BCUT2D eigenvalue weighted by Crippen LogP contribution is -2.54. The molecule has 0 bridgehead atoms. The lowest BCUT2D eigenvalue weighted by molar-refractivity contribution is -0.148. The molecule has 1 aromatic carbocycles. The van der Waals surface area contributed by atoms with Crippen LogP contribution in [-0.4, -0.2) is 38.3 Å². The van der Waals surface area contributed by atoms with Gasteiger partial charge < -0.3 is 9.64 Å². The van der Waals surface area contributed by atoms with Crippen LogP contribution in [0.15, 0.2) is 30.3 Å². The lowest BCUT2D eigenvalue weighted by Gasteiger charge is -2.32. The minimum Gasteiger partial charge on any atom is -0.468 e. The highest BCUT2D eigenvalue weighted by Crippen LogP contribution is 2.17. The number of benzene rings is 1. The van der Waals surface area contributed by atoms with Crippen molar-refractivity contribution in [3.63, 3.8) is 0 Å². The number of nitrogens with zero attached hydrogens (tertiary/aromatic N) is 1. The average Bonchev–Trinajstić information content (AvgIpc) is 2.44. The number of hydrogen-bond acceptors (Lipinski definition) is 4. The molecule has 0 saturated carbocycles. The summed E-state index contributed by atoms with van der Waals surface area (Å²) in [5.74, 6) is -0.215. The Labute approximate surface area is 122 Å². The van der Waals surface area contributed by atoms with Crippen molar-refractivity contribution in [3.05, 3.63) is 30.3 Å². The second-order valence-electron chi connectivity index (χ2n) is 5.63. The minimum absolute atomic E-state index is 0.215. The Morgan fingerprint density at radius 1 is 1.35 bits per heavy atom. The molecule has 1 atom stereocenters. The molecule has 4 nitrogen and oxygen atoms in total. The molecule has 1 N–H and O–H groups in total. The Hall–Kier alpha value is -1.55. The van der Waals surface area contributed by atoms with E-state index in [1.54, 1.807) is 0 Å². The Morgan fingerprint density at radius 2 is 1.95 bits per heavy atom. The van der Waals surface area contributed by atoms with Gasteiger partial charge >= 0.3 is 5.97 Å². The Kier molecular flexibility index (Phi) is 6.02. The van der Waals surface area contributed by atoms with Crippen LogP contribution in [0.3, 0.4) is 0 Å². The van der Waals surface area contributed by atoms with Crippen LogP contribution in [0, 0.1) is 0 Å². The Balaban J connectivity index is 2.69. The van der Waals surface area contributed by atoms with Gasteiger partial charge in [-0.2, -0.15) is 0 Å². The maximum absolute atomic E-state index is 12.0. The fourth-order valence-corrected chi connectivity index (χ4v) is 2.30. The number of methoxy groups -OCH3 is 1. The van der Waals surface area contributed by atoms with Gasteiger partial charge in [0.15, 0.2) is 0 Å². The molecule has 4 heteroatoms. The number of ether oxygens (including phenoxy) is 1. The number of anilines is 1. The van der Waals surface area contributed by atoms with Crippen LogP contribution in [0.5, 0.6) is 0 Å². The molecule has 0 aliphatic carbocycles. The fraction of sp³-hybridized carbons (Fsp3) is 0.562. The third-order valence-electron chi connectivity index (χ3n) is 3.39. The van der Waals surface area contributed by atoms with Gasteiger partial charge in [0, 0.05) is 25.3 Å². The molecule has 112 valence electrons. The highest BCUT2D eigenvalue weighted by molar-refractivity contribution is 5.80. The Morgan fingerprint density at radius 3 is 2.45 bits per heavy atom. The van der Waals surface area contributed by atoms with Crippen molar-refractivity contribution in [1.82, 2.24) is 5.32 Å². The second-order valence-corrected chi connectivity index (χ2v) is 5.63. The van der Waals surface area contributed by atoms with Crippen LogP contribution in [0.1, 0.15) is 27.2 Å². The molecule has 1 aromatic rings. The molecule has 0 heterocycles. The molecule has 0 radical (unpaired) electrons. The van der Waals surface area contributed by atoms with Crippen LogP contribution in [0.4, 0.5) is 5.69 Å². The summed E-state index contributed by atoms with van der Waals surface area (Å²) in [5.41, 5.74) is 0.482. The molecular formula is C16H26N2O2. The van der Waals surface area contributed by atoms with Gasteiger partial charge in [-0.05, 0) is 39.3 Å². The highest BCUT2D eigenvalue weighted by atomic mass is 16.5. The summed E-state index contributed by atoms with van der Waals surface area (Å²) in [4.78, 5) is 14.2. The van der Waals surface area contributed by atoms with E-state index in [-0.39, 0.29) is 12.0 Å². The van der Waals surface area contributed by atoms with Gasteiger partial charge in [-0.15, -0.1) is 0 Å². The molecule has 1 rings (SSSR count). The zero-order valence-electron chi connectivity index (χ0n) is 13.1. The number of carbonyl (C=O) groups excluding carboxylic acids is 1. The zero-order chi connectivity index (χ0) is 15.2. The quantitative estimate of drug-likeness (QED) is 0.778. The van der Waals surface area contributed by atoms with Gasteiger partial charge in [0.05, 0.1) is 7.11 Å². The van der Waals surface area contributed by atoms with Crippen molar-refractivity contribution in [2.24, 2.45) is 0 Å². The number of carbonyl (C=O) groups is 1. The molecule has 1 unspecified atom stereocenters. The normalized spacial score (nSPS) is 13.9. The summed E-state index contributed by atoms with van der Waals surface area (Å²) in [6.07, 6.45) is 0.684. The third kappa shape index (κ3) is 4.53. The van der Waals surface area contributed by atoms with E-state index in [2.05, 4.69) is 22.3 Å². The zero-order valence-corrected chi connectivity index (χ0v) is 13.1. The van der Waals surface area contributed by atoms with E-state index in [1.165, 1.54) is 7.11 Å². The third-order valence-corrected chi connectivity index (χ3v) is 3.39. The summed E-state index contributed by atoms with van der Waals surface area (Å²) < 4.78 is 4.93. The van der Waals surface area contributed by atoms with E-state index in [0.29, 0.717) is 6.42 Å². The van der Waals surface area contributed by atoms with Crippen molar-refractivity contribution in [2.75, 3.05) is 25.6 Å². The van der Waals surface area contributed by atoms with Gasteiger partial charge in [-0.3, -0.25) is 10.1 Å². The van der Waals surface area contributed by atoms with Crippen LogP contribution in [-0.2, 0) is 9.53 Å². The van der Waals surface area contributed by atoms with E-state index in [4.69, 9.17) is 4.74 Å². The van der Waals surface area contributed by atoms with Crippen molar-refractivity contribution in [3.8, 4) is 0 Å². The first kappa shape index (κ1) is 16.5. The average molecular weight is 278 g/mol. The van der Waals surface area contributed by atoms with E-state index in [0.717, 1.165) is 12.2 Å². The first-order valence-corrected chi connectivity index (χ1v) is 7.01. The van der Waals surface area contributed by atoms with Crippen LogP contribution < -0.4 is 10.2 Å². The monoisotopic (exact) mass is 278 g/mol. The SMILES string of the molecule is COC(=O)C(C)(CCN(C)c1ccccc1)NC(C)C. The summed E-state index contributed by atoms with van der Waals surface area (Å²) in [7, 11) is 3.46. The lowest BCUT2D eigenvalue weighted by atomic mass is 9.96. The van der Waals surface area contributed by atoms with Crippen LogP contribution >= 0.6 is 0 Å². The summed E-state index contributed by atoms with van der Waals surface area (Å²) in [6, 6.07) is 10.4. The van der Waals surface area contributed by atoms with Crippen LogP contribution in [0.2, 0.25) is 0 Å². The Bertz CT molecular complexity index is 420. The molecule has 0 aliphatic heterocycles. The molecule has 0 spiro atoms.